The predicted octanol–water partition coefficient (Wildman–Crippen LogP) is 2.20. The summed E-state index contributed by atoms with van der Waals surface area (Å²) in [5.74, 6) is 0. The molecule has 4 heteroatoms. The molecule has 0 aliphatic carbocycles. The maximum absolute atomic E-state index is 11.9. The molecule has 0 aromatic carbocycles. The van der Waals surface area contributed by atoms with E-state index in [1.165, 1.54) is 4.90 Å². The third-order valence-electron chi connectivity index (χ3n) is 1.97. The van der Waals surface area contributed by atoms with Gasteiger partial charge in [0.05, 0.1) is 6.54 Å². The van der Waals surface area contributed by atoms with E-state index >= 15 is 0 Å². The summed E-state index contributed by atoms with van der Waals surface area (Å²) in [5.41, 5.74) is 1.06. The van der Waals surface area contributed by atoms with Gasteiger partial charge in [0.25, 0.3) is 0 Å². The van der Waals surface area contributed by atoms with E-state index in [2.05, 4.69) is 6.58 Å². The highest BCUT2D eigenvalue weighted by molar-refractivity contribution is 4.98. The van der Waals surface area contributed by atoms with Crippen LogP contribution in [0.3, 0.4) is 0 Å². The summed E-state index contributed by atoms with van der Waals surface area (Å²) >= 11 is 0. The first-order chi connectivity index (χ1) is 5.47. The van der Waals surface area contributed by atoms with Gasteiger partial charge in [-0.2, -0.15) is 13.2 Å². The molecule has 0 radical (unpaired) electrons. The average molecular weight is 179 g/mol. The van der Waals surface area contributed by atoms with Crippen molar-refractivity contribution >= 4 is 0 Å². The van der Waals surface area contributed by atoms with Gasteiger partial charge in [0.15, 0.2) is 0 Å². The molecule has 0 aromatic rings. The van der Waals surface area contributed by atoms with Gasteiger partial charge in [-0.25, -0.2) is 0 Å². The van der Waals surface area contributed by atoms with Crippen molar-refractivity contribution in [2.75, 3.05) is 19.6 Å². The van der Waals surface area contributed by atoms with Crippen LogP contribution < -0.4 is 0 Å². The van der Waals surface area contributed by atoms with Crippen LogP contribution in [0, 0.1) is 0 Å². The molecular formula is C8H12F3N. The summed E-state index contributed by atoms with van der Waals surface area (Å²) in [6.07, 6.45) is -2.65. The smallest absolute Gasteiger partial charge is 0.294 e. The number of alkyl halides is 3. The van der Waals surface area contributed by atoms with Gasteiger partial charge in [0.1, 0.15) is 0 Å². The normalized spacial score (nSPS) is 21.4. The lowest BCUT2D eigenvalue weighted by Gasteiger charge is -2.28. The maximum Gasteiger partial charge on any atom is 0.401 e. The van der Waals surface area contributed by atoms with Crippen molar-refractivity contribution in [2.45, 2.75) is 19.0 Å². The number of rotatable bonds is 1. The molecule has 0 spiro atoms. The van der Waals surface area contributed by atoms with Crippen LogP contribution in [0.25, 0.3) is 0 Å². The first-order valence-electron chi connectivity index (χ1n) is 3.93. The van der Waals surface area contributed by atoms with Crippen LogP contribution in [0.4, 0.5) is 13.2 Å². The molecule has 0 N–H and O–H groups in total. The predicted molar refractivity (Wildman–Crippen MR) is 40.9 cm³/mol. The summed E-state index contributed by atoms with van der Waals surface area (Å²) in [4.78, 5) is 1.43. The van der Waals surface area contributed by atoms with Crippen molar-refractivity contribution in [2.24, 2.45) is 0 Å². The van der Waals surface area contributed by atoms with Crippen LogP contribution in [0.5, 0.6) is 0 Å². The highest BCUT2D eigenvalue weighted by Gasteiger charge is 2.31. The van der Waals surface area contributed by atoms with Crippen LogP contribution in [-0.2, 0) is 0 Å². The van der Waals surface area contributed by atoms with Crippen molar-refractivity contribution in [1.29, 1.82) is 0 Å². The summed E-state index contributed by atoms with van der Waals surface area (Å²) < 4.78 is 35.6. The molecule has 1 aliphatic rings. The van der Waals surface area contributed by atoms with E-state index in [0.29, 0.717) is 25.9 Å². The van der Waals surface area contributed by atoms with Gasteiger partial charge in [-0.3, -0.25) is 4.90 Å². The summed E-state index contributed by atoms with van der Waals surface area (Å²) in [7, 11) is 0. The molecule has 0 atom stereocenters. The van der Waals surface area contributed by atoms with Crippen LogP contribution >= 0.6 is 0 Å². The maximum atomic E-state index is 11.9. The molecule has 1 nitrogen and oxygen atoms in total. The fourth-order valence-electron chi connectivity index (χ4n) is 1.28. The highest BCUT2D eigenvalue weighted by atomic mass is 19.4. The van der Waals surface area contributed by atoms with E-state index in [-0.39, 0.29) is 0 Å². The van der Waals surface area contributed by atoms with Crippen LogP contribution in [-0.4, -0.2) is 30.7 Å². The van der Waals surface area contributed by atoms with Gasteiger partial charge in [0, 0.05) is 13.1 Å². The zero-order chi connectivity index (χ0) is 9.19. The fourth-order valence-corrected chi connectivity index (χ4v) is 1.28. The standard InChI is InChI=1S/C8H12F3N/c1-7-2-4-12(5-3-7)6-8(9,10)11/h1-6H2. The second-order valence-electron chi connectivity index (χ2n) is 3.14. The number of hydrogen-bond acceptors (Lipinski definition) is 1. The molecule has 0 bridgehead atoms. The SMILES string of the molecule is C=C1CCN(CC(F)(F)F)CC1. The number of likely N-dealkylation sites (tertiary alicyclic amines) is 1. The number of piperidine rings is 1. The lowest BCUT2D eigenvalue weighted by atomic mass is 10.1. The number of nitrogens with zero attached hydrogens (tertiary/aromatic N) is 1. The third-order valence-corrected chi connectivity index (χ3v) is 1.97. The summed E-state index contributed by atoms with van der Waals surface area (Å²) in [5, 5.41) is 0. The Bertz CT molecular complexity index is 164. The van der Waals surface area contributed by atoms with Gasteiger partial charge in [0.2, 0.25) is 0 Å². The molecule has 1 heterocycles. The summed E-state index contributed by atoms with van der Waals surface area (Å²) in [6, 6.07) is 0. The quantitative estimate of drug-likeness (QED) is 0.558. The lowest BCUT2D eigenvalue weighted by Crippen LogP contribution is -2.38. The molecule has 1 saturated heterocycles. The molecule has 12 heavy (non-hydrogen) atoms. The van der Waals surface area contributed by atoms with Crippen molar-refractivity contribution in [3.05, 3.63) is 12.2 Å². The number of halogens is 3. The fraction of sp³-hybridized carbons (Fsp3) is 0.750. The minimum absolute atomic E-state index is 0.498. The second kappa shape index (κ2) is 3.47. The Balaban J connectivity index is 2.31. The third kappa shape index (κ3) is 3.26. The second-order valence-corrected chi connectivity index (χ2v) is 3.14. The Hall–Kier alpha value is -0.510. The lowest BCUT2D eigenvalue weighted by molar-refractivity contribution is -0.146. The average Bonchev–Trinajstić information content (AvgIpc) is 1.91. The number of hydrogen-bond donors (Lipinski definition) is 0. The first-order valence-corrected chi connectivity index (χ1v) is 3.93. The van der Waals surface area contributed by atoms with E-state index in [1.807, 2.05) is 0 Å². The Morgan fingerprint density at radius 3 is 2.17 bits per heavy atom. The Kier molecular flexibility index (Phi) is 2.77. The Morgan fingerprint density at radius 2 is 1.75 bits per heavy atom. The molecule has 0 aromatic heterocycles. The molecule has 1 aliphatic heterocycles. The van der Waals surface area contributed by atoms with Crippen LogP contribution in [0.15, 0.2) is 12.2 Å². The van der Waals surface area contributed by atoms with Gasteiger partial charge < -0.3 is 0 Å². The Morgan fingerprint density at radius 1 is 1.25 bits per heavy atom. The molecule has 0 saturated carbocycles. The minimum Gasteiger partial charge on any atom is -0.294 e. The van der Waals surface area contributed by atoms with Crippen LogP contribution in [0.1, 0.15) is 12.8 Å². The van der Waals surface area contributed by atoms with E-state index in [0.717, 1.165) is 5.57 Å². The molecule has 70 valence electrons. The topological polar surface area (TPSA) is 3.24 Å². The largest absolute Gasteiger partial charge is 0.401 e. The van der Waals surface area contributed by atoms with E-state index in [9.17, 15) is 13.2 Å². The van der Waals surface area contributed by atoms with Crippen molar-refractivity contribution in [3.63, 3.8) is 0 Å². The minimum atomic E-state index is -4.06. The first kappa shape index (κ1) is 9.58. The monoisotopic (exact) mass is 179 g/mol. The zero-order valence-electron chi connectivity index (χ0n) is 6.82. The van der Waals surface area contributed by atoms with Gasteiger partial charge >= 0.3 is 6.18 Å². The van der Waals surface area contributed by atoms with Crippen molar-refractivity contribution < 1.29 is 13.2 Å². The molecule has 1 rings (SSSR count). The highest BCUT2D eigenvalue weighted by Crippen LogP contribution is 2.20. The molecular weight excluding hydrogens is 167 g/mol. The van der Waals surface area contributed by atoms with Crippen molar-refractivity contribution in [1.82, 2.24) is 4.90 Å². The van der Waals surface area contributed by atoms with E-state index in [1.54, 1.807) is 0 Å². The molecule has 0 unspecified atom stereocenters. The molecule has 1 fully saturated rings. The van der Waals surface area contributed by atoms with Gasteiger partial charge in [-0.1, -0.05) is 12.2 Å². The van der Waals surface area contributed by atoms with Crippen molar-refractivity contribution in [3.8, 4) is 0 Å². The van der Waals surface area contributed by atoms with E-state index < -0.39 is 12.7 Å². The van der Waals surface area contributed by atoms with E-state index in [4.69, 9.17) is 0 Å². The molecule has 0 amide bonds. The van der Waals surface area contributed by atoms with Crippen LogP contribution in [0.2, 0.25) is 0 Å². The van der Waals surface area contributed by atoms with Gasteiger partial charge in [-0.15, -0.1) is 0 Å². The van der Waals surface area contributed by atoms with Gasteiger partial charge in [-0.05, 0) is 12.8 Å². The summed E-state index contributed by atoms with van der Waals surface area (Å²) in [6.45, 7) is 3.96. The zero-order valence-corrected chi connectivity index (χ0v) is 6.82. The Labute approximate surface area is 69.9 Å².